The number of hydrogen-bond acceptors (Lipinski definition) is 0. The molecule has 1 heterocycles. The monoisotopic (exact) mass is 545 g/mol. The van der Waals surface area contributed by atoms with E-state index in [9.17, 15) is 0 Å². The molecule has 200 valence electrons. The van der Waals surface area contributed by atoms with Gasteiger partial charge in [-0.25, -0.2) is 0 Å². The van der Waals surface area contributed by atoms with Crippen LogP contribution in [-0.2, 0) is 0 Å². The first-order chi connectivity index (χ1) is 21.4. The third-order valence-electron chi connectivity index (χ3n) is 9.07. The average Bonchev–Trinajstić information content (AvgIpc) is 3.42. The van der Waals surface area contributed by atoms with Gasteiger partial charge in [0.15, 0.2) is 0 Å². The minimum absolute atomic E-state index is 1.05. The van der Waals surface area contributed by atoms with Gasteiger partial charge in [0, 0.05) is 21.9 Å². The summed E-state index contributed by atoms with van der Waals surface area (Å²) >= 11 is 0. The van der Waals surface area contributed by atoms with Gasteiger partial charge in [0.05, 0.1) is 5.52 Å². The largest absolute Gasteiger partial charge is 0.302 e. The number of nitrogens with zero attached hydrogens (tertiary/aromatic N) is 1. The Morgan fingerprint density at radius 3 is 1.95 bits per heavy atom. The molecule has 1 aromatic heterocycles. The Balaban J connectivity index is 1.43. The summed E-state index contributed by atoms with van der Waals surface area (Å²) in [6.07, 6.45) is 11.2. The summed E-state index contributed by atoms with van der Waals surface area (Å²) < 4.78 is 2.30. The normalized spacial score (nSPS) is 14.0. The second kappa shape index (κ2) is 9.48. The number of para-hydroxylation sites is 2. The number of fused-ring (bicyclic) bond motifs is 9. The van der Waals surface area contributed by atoms with Crippen LogP contribution in [-0.4, -0.2) is 4.57 Å². The van der Waals surface area contributed by atoms with Crippen molar-refractivity contribution in [1.82, 2.24) is 4.57 Å². The highest BCUT2D eigenvalue weighted by Gasteiger charge is 2.19. The van der Waals surface area contributed by atoms with Crippen LogP contribution >= 0.6 is 0 Å². The van der Waals surface area contributed by atoms with E-state index in [1.165, 1.54) is 65.1 Å². The van der Waals surface area contributed by atoms with Crippen LogP contribution in [0.4, 0.5) is 0 Å². The standard InChI is InChI=1S/C42H27N/c1-3-13-28(14-4-1)31-20-11-22-36-33-17-7-8-18-34(33)37-23-12-21-32(42(37)41(31)36)29-25-26-40-38(27-29)35-19-9-10-24-39(35)43(40)30-15-5-2-6-16-30/h1-3,5-13,15-24,27H,4,14H2. The summed E-state index contributed by atoms with van der Waals surface area (Å²) in [4.78, 5) is 0. The highest BCUT2D eigenvalue weighted by atomic mass is 15.0. The fraction of sp³-hybridized carbons (Fsp3) is 0.0476. The number of allylic oxidation sites excluding steroid dienone is 5. The zero-order chi connectivity index (χ0) is 28.3. The molecular weight excluding hydrogens is 518 g/mol. The molecule has 2 aliphatic carbocycles. The van der Waals surface area contributed by atoms with Crippen LogP contribution in [0, 0.1) is 0 Å². The molecule has 7 aromatic rings. The van der Waals surface area contributed by atoms with Gasteiger partial charge in [-0.05, 0) is 91.9 Å². The molecule has 0 unspecified atom stereocenters. The minimum Gasteiger partial charge on any atom is -0.302 e. The van der Waals surface area contributed by atoms with E-state index < -0.39 is 0 Å². The topological polar surface area (TPSA) is 4.93 Å². The third kappa shape index (κ3) is 3.60. The van der Waals surface area contributed by atoms with Crippen LogP contribution in [0.1, 0.15) is 24.0 Å². The second-order valence-corrected chi connectivity index (χ2v) is 11.4. The molecule has 0 saturated carbocycles. The molecule has 1 nitrogen and oxygen atoms in total. The van der Waals surface area contributed by atoms with Crippen LogP contribution in [0.15, 0.2) is 139 Å². The lowest BCUT2D eigenvalue weighted by Crippen LogP contribution is -2.28. The molecule has 0 N–H and O–H groups in total. The first kappa shape index (κ1) is 24.1. The lowest BCUT2D eigenvalue weighted by molar-refractivity contribution is 1.06. The van der Waals surface area contributed by atoms with Crippen molar-refractivity contribution in [2.24, 2.45) is 0 Å². The first-order valence-corrected chi connectivity index (χ1v) is 15.0. The zero-order valence-corrected chi connectivity index (χ0v) is 23.6. The molecule has 6 aromatic carbocycles. The van der Waals surface area contributed by atoms with Crippen LogP contribution in [0.5, 0.6) is 0 Å². The van der Waals surface area contributed by atoms with Crippen molar-refractivity contribution in [1.29, 1.82) is 0 Å². The Morgan fingerprint density at radius 2 is 1.21 bits per heavy atom. The molecule has 0 bridgehead atoms. The third-order valence-corrected chi connectivity index (χ3v) is 9.07. The average molecular weight is 546 g/mol. The van der Waals surface area contributed by atoms with Crippen molar-refractivity contribution in [3.05, 3.63) is 161 Å². The van der Waals surface area contributed by atoms with E-state index in [-0.39, 0.29) is 0 Å². The summed E-state index contributed by atoms with van der Waals surface area (Å²) in [6.45, 7) is 0. The van der Waals surface area contributed by atoms with Crippen molar-refractivity contribution in [2.45, 2.75) is 12.8 Å². The Bertz CT molecular complexity index is 2560. The van der Waals surface area contributed by atoms with Gasteiger partial charge in [-0.15, -0.1) is 0 Å². The van der Waals surface area contributed by atoms with Crippen molar-refractivity contribution in [3.8, 4) is 5.69 Å². The minimum atomic E-state index is 1.05. The van der Waals surface area contributed by atoms with Crippen molar-refractivity contribution in [3.63, 3.8) is 0 Å². The van der Waals surface area contributed by atoms with Gasteiger partial charge in [0.1, 0.15) is 5.35 Å². The van der Waals surface area contributed by atoms with E-state index in [1.54, 1.807) is 0 Å². The Morgan fingerprint density at radius 1 is 0.558 bits per heavy atom. The van der Waals surface area contributed by atoms with Crippen molar-refractivity contribution in [2.75, 3.05) is 0 Å². The molecule has 0 radical (unpaired) electrons. The van der Waals surface area contributed by atoms with Gasteiger partial charge in [0.25, 0.3) is 0 Å². The number of benzene rings is 6. The Labute approximate surface area is 249 Å². The lowest BCUT2D eigenvalue weighted by atomic mass is 9.84. The SMILES string of the molecule is C1=C=c2c(c3ccccc3n2-c2ccccc2)=CC=1c1cccc2c3ccccc3c3cccc(C4=CC=CCC4)c3c12. The number of rotatable bonds is 3. The quantitative estimate of drug-likeness (QED) is 0.154. The molecule has 9 rings (SSSR count). The molecule has 43 heavy (non-hydrogen) atoms. The van der Waals surface area contributed by atoms with Crippen LogP contribution in [0.25, 0.3) is 71.9 Å². The molecular formula is C42H27N. The van der Waals surface area contributed by atoms with Crippen LogP contribution in [0.2, 0.25) is 0 Å². The van der Waals surface area contributed by atoms with E-state index in [0.717, 1.165) is 29.5 Å². The fourth-order valence-electron chi connectivity index (χ4n) is 7.20. The Hall–Kier alpha value is -5.58. The van der Waals surface area contributed by atoms with E-state index in [2.05, 4.69) is 156 Å². The highest BCUT2D eigenvalue weighted by Crippen LogP contribution is 2.43. The molecule has 2 aliphatic rings. The smallest absolute Gasteiger partial charge is 0.105 e. The van der Waals surface area contributed by atoms with Gasteiger partial charge in [-0.1, -0.05) is 121 Å². The van der Waals surface area contributed by atoms with Crippen LogP contribution < -0.4 is 10.6 Å². The first-order valence-electron chi connectivity index (χ1n) is 15.0. The van der Waals surface area contributed by atoms with Gasteiger partial charge in [-0.2, -0.15) is 0 Å². The summed E-state index contributed by atoms with van der Waals surface area (Å²) in [5, 5.41) is 11.2. The summed E-state index contributed by atoms with van der Waals surface area (Å²) in [5.74, 6) is 0. The van der Waals surface area contributed by atoms with E-state index in [0.29, 0.717) is 0 Å². The lowest BCUT2D eigenvalue weighted by Gasteiger charge is -2.19. The number of hydrogen-bond donors (Lipinski definition) is 0. The molecule has 0 aliphatic heterocycles. The maximum atomic E-state index is 3.63. The summed E-state index contributed by atoms with van der Waals surface area (Å²) in [5.41, 5.74) is 14.6. The number of aromatic nitrogens is 1. The van der Waals surface area contributed by atoms with E-state index in [4.69, 9.17) is 0 Å². The predicted octanol–water partition coefficient (Wildman–Crippen LogP) is 9.24. The highest BCUT2D eigenvalue weighted by molar-refractivity contribution is 6.30. The molecule has 0 saturated heterocycles. The molecule has 0 amide bonds. The zero-order valence-electron chi connectivity index (χ0n) is 23.6. The van der Waals surface area contributed by atoms with Gasteiger partial charge in [-0.3, -0.25) is 0 Å². The molecule has 0 spiro atoms. The maximum absolute atomic E-state index is 3.63. The summed E-state index contributed by atoms with van der Waals surface area (Å²) in [7, 11) is 0. The molecule has 1 heteroatoms. The molecule has 0 fully saturated rings. The fourth-order valence-corrected chi connectivity index (χ4v) is 7.20. The predicted molar refractivity (Wildman–Crippen MR) is 183 cm³/mol. The molecule has 0 atom stereocenters. The van der Waals surface area contributed by atoms with Gasteiger partial charge < -0.3 is 4.57 Å². The Kier molecular flexibility index (Phi) is 5.31. The summed E-state index contributed by atoms with van der Waals surface area (Å²) in [6, 6.07) is 41.7. The maximum Gasteiger partial charge on any atom is 0.105 e. The van der Waals surface area contributed by atoms with Crippen LogP contribution in [0.3, 0.4) is 0 Å². The van der Waals surface area contributed by atoms with Crippen molar-refractivity contribution < 1.29 is 0 Å². The van der Waals surface area contributed by atoms with Gasteiger partial charge >= 0.3 is 0 Å². The van der Waals surface area contributed by atoms with E-state index in [1.807, 2.05) is 0 Å². The van der Waals surface area contributed by atoms with Gasteiger partial charge in [0.2, 0.25) is 0 Å². The van der Waals surface area contributed by atoms with Crippen molar-refractivity contribution >= 4 is 66.2 Å². The van der Waals surface area contributed by atoms with E-state index >= 15 is 0 Å². The second-order valence-electron chi connectivity index (χ2n) is 11.4.